The van der Waals surface area contributed by atoms with E-state index < -0.39 is 41.0 Å². The van der Waals surface area contributed by atoms with Crippen molar-refractivity contribution >= 4 is 29.2 Å². The molecule has 7 nitrogen and oxygen atoms in total. The summed E-state index contributed by atoms with van der Waals surface area (Å²) in [5, 5.41) is 28.9. The third kappa shape index (κ3) is 6.35. The van der Waals surface area contributed by atoms with E-state index in [1.54, 1.807) is 46.0 Å². The number of esters is 1. The smallest absolute Gasteiger partial charge is 0.314 e. The van der Waals surface area contributed by atoms with Gasteiger partial charge in [0.05, 0.1) is 33.7 Å². The minimum atomic E-state index is -1.34. The van der Waals surface area contributed by atoms with Crippen LogP contribution in [0, 0.1) is 29.6 Å². The van der Waals surface area contributed by atoms with Crippen LogP contribution in [0.15, 0.2) is 11.0 Å². The van der Waals surface area contributed by atoms with Crippen molar-refractivity contribution in [3.63, 3.8) is 0 Å². The molecule has 2 aliphatic heterocycles. The number of aromatic nitrogens is 1. The molecular formula is C29H46N2O5S. The molecule has 2 aliphatic rings. The van der Waals surface area contributed by atoms with Crippen LogP contribution in [0.3, 0.4) is 0 Å². The fourth-order valence-corrected chi connectivity index (χ4v) is 6.43. The molecule has 0 unspecified atom stereocenters. The van der Waals surface area contributed by atoms with E-state index in [-0.39, 0.29) is 23.3 Å². The minimum absolute atomic E-state index is 0.0573. The summed E-state index contributed by atoms with van der Waals surface area (Å²) in [4.78, 5) is 31.6. The summed E-state index contributed by atoms with van der Waals surface area (Å²) >= 11 is 1.57. The Morgan fingerprint density at radius 1 is 1.16 bits per heavy atom. The number of cyclic esters (lactones) is 1. The van der Waals surface area contributed by atoms with Crippen molar-refractivity contribution < 1.29 is 24.5 Å². The third-order valence-electron chi connectivity index (χ3n) is 8.80. The number of ketones is 1. The van der Waals surface area contributed by atoms with Gasteiger partial charge in [0.2, 0.25) is 0 Å². The second-order valence-corrected chi connectivity index (χ2v) is 13.8. The number of nitrogens with zero attached hydrogens (tertiary/aromatic N) is 1. The number of thiazole rings is 1. The number of carbonyl (C=O) groups excluding carboxylic acids is 2. The molecule has 0 bridgehead atoms. The largest absolute Gasteiger partial charge is 0.457 e. The molecule has 37 heavy (non-hydrogen) atoms. The van der Waals surface area contributed by atoms with E-state index in [2.05, 4.69) is 17.2 Å². The number of aliphatic hydroxyl groups is 2. The number of hydrogen-bond donors (Lipinski definition) is 3. The Morgan fingerprint density at radius 2 is 1.81 bits per heavy atom. The van der Waals surface area contributed by atoms with Gasteiger partial charge in [-0.1, -0.05) is 34.1 Å². The van der Waals surface area contributed by atoms with Gasteiger partial charge in [-0.25, -0.2) is 4.98 Å². The van der Waals surface area contributed by atoms with E-state index in [0.717, 1.165) is 35.5 Å². The lowest BCUT2D eigenvalue weighted by atomic mass is 9.66. The molecule has 8 heteroatoms. The molecule has 0 amide bonds. The summed E-state index contributed by atoms with van der Waals surface area (Å²) in [5.74, 6) is -1.53. The number of aryl methyl sites for hydroxylation is 1. The number of nitrogens with one attached hydrogen (secondary N) is 1. The van der Waals surface area contributed by atoms with E-state index >= 15 is 0 Å². The lowest BCUT2D eigenvalue weighted by Crippen LogP contribution is -2.53. The van der Waals surface area contributed by atoms with E-state index in [4.69, 9.17) is 4.74 Å². The highest BCUT2D eigenvalue weighted by Gasteiger charge is 2.53. The maximum atomic E-state index is 13.6. The summed E-state index contributed by atoms with van der Waals surface area (Å²) in [6.07, 6.45) is 2.61. The van der Waals surface area contributed by atoms with Gasteiger partial charge in [-0.15, -0.1) is 11.3 Å². The Bertz CT molecular complexity index is 1030. The summed E-state index contributed by atoms with van der Waals surface area (Å²) in [5.41, 5.74) is -0.941. The molecule has 0 saturated carbocycles. The zero-order valence-corrected chi connectivity index (χ0v) is 24.7. The molecule has 0 spiro atoms. The molecule has 0 radical (unpaired) electrons. The first-order valence-electron chi connectivity index (χ1n) is 13.5. The lowest BCUT2D eigenvalue weighted by Gasteiger charge is -2.41. The molecule has 3 rings (SSSR count). The van der Waals surface area contributed by atoms with Crippen molar-refractivity contribution in [3.8, 4) is 0 Å². The molecule has 7 atom stereocenters. The number of fused-ring (bicyclic) bond motifs is 1. The first kappa shape index (κ1) is 29.9. The first-order valence-corrected chi connectivity index (χ1v) is 14.4. The van der Waals surface area contributed by atoms with Crippen LogP contribution in [-0.4, -0.2) is 56.8 Å². The topological polar surface area (TPSA) is 119 Å². The van der Waals surface area contributed by atoms with Crippen LogP contribution in [0.25, 0.3) is 6.08 Å². The van der Waals surface area contributed by atoms with E-state index in [9.17, 15) is 19.8 Å². The van der Waals surface area contributed by atoms with Gasteiger partial charge in [-0.05, 0) is 65.0 Å². The average Bonchev–Trinajstić information content (AvgIpc) is 3.27. The maximum absolute atomic E-state index is 13.6. The van der Waals surface area contributed by atoms with Crippen LogP contribution in [0.4, 0.5) is 0 Å². The fourth-order valence-electron chi connectivity index (χ4n) is 5.86. The Morgan fingerprint density at radius 3 is 2.41 bits per heavy atom. The SMILES string of the molecule is C/C(=C\c1csc(C)n1)[C@@H]1C[C@@H]2N[C@]2(C)CCC[C@H](C)[C@H](O)[C@@H](C)C(=O)C(C)(C)[C@@H](O)C(C)(C)C(=O)O1. The quantitative estimate of drug-likeness (QED) is 0.372. The van der Waals surface area contributed by atoms with Crippen LogP contribution in [0.2, 0.25) is 0 Å². The number of rotatable bonds is 2. The monoisotopic (exact) mass is 534 g/mol. The van der Waals surface area contributed by atoms with Crippen molar-refractivity contribution in [3.05, 3.63) is 21.7 Å². The molecule has 3 heterocycles. The highest BCUT2D eigenvalue weighted by molar-refractivity contribution is 7.09. The number of Topliss-reactive ketones (excluding diaryl/α,β-unsaturated/α-hetero) is 1. The van der Waals surface area contributed by atoms with Gasteiger partial charge < -0.3 is 20.3 Å². The van der Waals surface area contributed by atoms with E-state index in [0.29, 0.717) is 6.42 Å². The van der Waals surface area contributed by atoms with Crippen LogP contribution < -0.4 is 5.32 Å². The third-order valence-corrected chi connectivity index (χ3v) is 9.59. The van der Waals surface area contributed by atoms with Gasteiger partial charge >= 0.3 is 5.97 Å². The number of hydrogen-bond acceptors (Lipinski definition) is 8. The zero-order valence-electron chi connectivity index (χ0n) is 23.9. The van der Waals surface area contributed by atoms with Crippen LogP contribution >= 0.6 is 11.3 Å². The summed E-state index contributed by atoms with van der Waals surface area (Å²) < 4.78 is 6.12. The summed E-state index contributed by atoms with van der Waals surface area (Å²) in [6.45, 7) is 16.3. The number of aliphatic hydroxyl groups excluding tert-OH is 2. The molecule has 2 saturated heterocycles. The summed E-state index contributed by atoms with van der Waals surface area (Å²) in [7, 11) is 0. The molecule has 0 aromatic carbocycles. The Labute approximate surface area is 226 Å². The highest BCUT2D eigenvalue weighted by Crippen LogP contribution is 2.41. The normalized spacial score (nSPS) is 37.5. The van der Waals surface area contributed by atoms with Crippen molar-refractivity contribution in [2.24, 2.45) is 22.7 Å². The Hall–Kier alpha value is -1.61. The van der Waals surface area contributed by atoms with Gasteiger partial charge in [-0.2, -0.15) is 0 Å². The molecule has 1 aromatic rings. The first-order chi connectivity index (χ1) is 17.0. The van der Waals surface area contributed by atoms with E-state index in [1.807, 2.05) is 32.2 Å². The van der Waals surface area contributed by atoms with Crippen molar-refractivity contribution in [2.45, 2.75) is 118 Å². The predicted octanol–water partition coefficient (Wildman–Crippen LogP) is 4.69. The Kier molecular flexibility index (Phi) is 8.80. The maximum Gasteiger partial charge on any atom is 0.314 e. The van der Waals surface area contributed by atoms with E-state index in [1.165, 1.54) is 0 Å². The molecule has 1 aromatic heterocycles. The number of carbonyl (C=O) groups is 2. The van der Waals surface area contributed by atoms with Crippen LogP contribution in [0.5, 0.6) is 0 Å². The van der Waals surface area contributed by atoms with Crippen molar-refractivity contribution in [1.82, 2.24) is 10.3 Å². The molecule has 208 valence electrons. The molecule has 2 fully saturated rings. The van der Waals surface area contributed by atoms with Crippen molar-refractivity contribution in [2.75, 3.05) is 0 Å². The van der Waals surface area contributed by atoms with Gasteiger partial charge in [0.25, 0.3) is 0 Å². The van der Waals surface area contributed by atoms with Crippen LogP contribution in [-0.2, 0) is 14.3 Å². The molecule has 3 N–H and O–H groups in total. The molecular weight excluding hydrogens is 488 g/mol. The second-order valence-electron chi connectivity index (χ2n) is 12.8. The number of ether oxygens (including phenoxy) is 1. The lowest BCUT2D eigenvalue weighted by molar-refractivity contribution is -0.173. The minimum Gasteiger partial charge on any atom is -0.457 e. The van der Waals surface area contributed by atoms with Gasteiger partial charge in [-0.3, -0.25) is 9.59 Å². The fraction of sp³-hybridized carbons (Fsp3) is 0.759. The van der Waals surface area contributed by atoms with Gasteiger partial charge in [0.1, 0.15) is 11.9 Å². The van der Waals surface area contributed by atoms with Gasteiger partial charge in [0, 0.05) is 29.3 Å². The van der Waals surface area contributed by atoms with Crippen LogP contribution in [0.1, 0.15) is 91.8 Å². The average molecular weight is 535 g/mol. The molecule has 0 aliphatic carbocycles. The Balaban J connectivity index is 1.96. The standard InChI is InChI=1S/C29H46N2O5S/c1-16-11-10-12-29(9)22(31-29)14-21(17(2)13-20-15-37-19(4)30-20)36-26(35)28(7,8)25(34)27(5,6)24(33)18(3)23(16)32/h13,15-16,18,21-23,25,31-32,34H,10-12,14H2,1-9H3/b17-13+/t16-,18+,21-,22-,23-,25+,29+/m0/s1. The second kappa shape index (κ2) is 10.9. The predicted molar refractivity (Wildman–Crippen MR) is 147 cm³/mol. The zero-order chi connectivity index (χ0) is 27.9. The van der Waals surface area contributed by atoms with Crippen molar-refractivity contribution in [1.29, 1.82) is 0 Å². The highest BCUT2D eigenvalue weighted by atomic mass is 32.1. The van der Waals surface area contributed by atoms with Gasteiger partial charge in [0.15, 0.2) is 0 Å². The summed E-state index contributed by atoms with van der Waals surface area (Å²) in [6, 6.07) is 0.184.